The third-order valence-electron chi connectivity index (χ3n) is 3.44. The van der Waals surface area contributed by atoms with Gasteiger partial charge in [-0.3, -0.25) is 5.10 Å². The summed E-state index contributed by atoms with van der Waals surface area (Å²) in [6.07, 6.45) is 3.35. The number of benzene rings is 1. The molecule has 4 nitrogen and oxygen atoms in total. The zero-order valence-corrected chi connectivity index (χ0v) is 11.5. The number of rotatable bonds is 2. The first-order valence-electron chi connectivity index (χ1n) is 6.44. The fraction of sp³-hybridized carbons (Fsp3) is 0.357. The molecule has 2 aromatic rings. The highest BCUT2D eigenvalue weighted by atomic mass is 35.5. The summed E-state index contributed by atoms with van der Waals surface area (Å²) in [5.41, 5.74) is 3.19. The van der Waals surface area contributed by atoms with Gasteiger partial charge in [0.2, 0.25) is 0 Å². The van der Waals surface area contributed by atoms with Gasteiger partial charge in [-0.1, -0.05) is 11.6 Å². The van der Waals surface area contributed by atoms with Crippen LogP contribution in [0.4, 0.5) is 5.82 Å². The van der Waals surface area contributed by atoms with E-state index in [0.717, 1.165) is 42.2 Å². The number of nitrogens with one attached hydrogen (secondary N) is 2. The molecule has 0 atom stereocenters. The number of methoxy groups -OCH3 is 1. The number of nitrogens with zero attached hydrogens (tertiary/aromatic N) is 1. The van der Waals surface area contributed by atoms with Crippen LogP contribution in [0.25, 0.3) is 11.3 Å². The molecule has 0 radical (unpaired) electrons. The van der Waals surface area contributed by atoms with E-state index in [1.165, 1.54) is 12.0 Å². The van der Waals surface area contributed by atoms with Gasteiger partial charge in [0.25, 0.3) is 0 Å². The summed E-state index contributed by atoms with van der Waals surface area (Å²) in [5.74, 6) is 1.76. The number of fused-ring (bicyclic) bond motifs is 1. The van der Waals surface area contributed by atoms with Gasteiger partial charge in [0.1, 0.15) is 5.75 Å². The number of halogens is 1. The summed E-state index contributed by atoms with van der Waals surface area (Å²) >= 11 is 6.10. The van der Waals surface area contributed by atoms with E-state index in [0.29, 0.717) is 5.02 Å². The molecule has 100 valence electrons. The van der Waals surface area contributed by atoms with E-state index in [1.54, 1.807) is 7.11 Å². The zero-order valence-electron chi connectivity index (χ0n) is 10.8. The Balaban J connectivity index is 2.12. The lowest BCUT2D eigenvalue weighted by molar-refractivity contribution is 0.416. The average Bonchev–Trinajstić information content (AvgIpc) is 2.67. The number of H-pyrrole nitrogens is 1. The van der Waals surface area contributed by atoms with Crippen molar-refractivity contribution in [1.82, 2.24) is 10.2 Å². The van der Waals surface area contributed by atoms with Crippen LogP contribution in [0.1, 0.15) is 18.4 Å². The van der Waals surface area contributed by atoms with Crippen molar-refractivity contribution >= 4 is 17.4 Å². The smallest absolute Gasteiger partial charge is 0.151 e. The Labute approximate surface area is 117 Å². The molecule has 0 amide bonds. The van der Waals surface area contributed by atoms with Gasteiger partial charge in [0.15, 0.2) is 5.82 Å². The standard InChI is InChI=1S/C14H16ClN3O/c1-19-12-6-5-9(15)8-11(12)13-10-4-2-3-7-16-14(10)18-17-13/h5-6,8H,2-4,7H2,1H3,(H2,16,17,18). The second-order valence-electron chi connectivity index (χ2n) is 4.65. The van der Waals surface area contributed by atoms with E-state index in [-0.39, 0.29) is 0 Å². The van der Waals surface area contributed by atoms with Gasteiger partial charge >= 0.3 is 0 Å². The molecular formula is C14H16ClN3O. The monoisotopic (exact) mass is 277 g/mol. The first-order chi connectivity index (χ1) is 9.29. The third-order valence-corrected chi connectivity index (χ3v) is 3.68. The van der Waals surface area contributed by atoms with Crippen LogP contribution in [0.3, 0.4) is 0 Å². The fourth-order valence-corrected chi connectivity index (χ4v) is 2.66. The maximum Gasteiger partial charge on any atom is 0.151 e. The average molecular weight is 278 g/mol. The Kier molecular flexibility index (Phi) is 3.34. The Morgan fingerprint density at radius 2 is 2.21 bits per heavy atom. The van der Waals surface area contributed by atoms with Crippen molar-refractivity contribution in [3.05, 3.63) is 28.8 Å². The number of aromatic nitrogens is 2. The molecule has 19 heavy (non-hydrogen) atoms. The molecule has 0 saturated carbocycles. The van der Waals surface area contributed by atoms with Crippen LogP contribution >= 0.6 is 11.6 Å². The maximum atomic E-state index is 6.10. The largest absolute Gasteiger partial charge is 0.496 e. The van der Waals surface area contributed by atoms with Gasteiger partial charge in [0.05, 0.1) is 12.8 Å². The summed E-state index contributed by atoms with van der Waals surface area (Å²) in [5, 5.41) is 11.5. The Bertz CT molecular complexity index is 594. The second-order valence-corrected chi connectivity index (χ2v) is 5.09. The van der Waals surface area contributed by atoms with Crippen LogP contribution in [-0.4, -0.2) is 23.9 Å². The van der Waals surface area contributed by atoms with E-state index in [1.807, 2.05) is 18.2 Å². The molecule has 1 aliphatic rings. The highest BCUT2D eigenvalue weighted by Gasteiger charge is 2.19. The Morgan fingerprint density at radius 3 is 3.05 bits per heavy atom. The molecular weight excluding hydrogens is 262 g/mol. The van der Waals surface area contributed by atoms with Crippen molar-refractivity contribution in [2.75, 3.05) is 19.0 Å². The molecule has 0 saturated heterocycles. The highest BCUT2D eigenvalue weighted by molar-refractivity contribution is 6.31. The van der Waals surface area contributed by atoms with Gasteiger partial charge < -0.3 is 10.1 Å². The van der Waals surface area contributed by atoms with Crippen LogP contribution in [0.5, 0.6) is 5.75 Å². The van der Waals surface area contributed by atoms with Crippen molar-refractivity contribution in [1.29, 1.82) is 0 Å². The normalized spacial score (nSPS) is 14.4. The number of aromatic amines is 1. The summed E-state index contributed by atoms with van der Waals surface area (Å²) in [6, 6.07) is 5.63. The predicted molar refractivity (Wildman–Crippen MR) is 77.0 cm³/mol. The molecule has 1 aromatic heterocycles. The van der Waals surface area contributed by atoms with Crippen LogP contribution in [0, 0.1) is 0 Å². The van der Waals surface area contributed by atoms with Crippen LogP contribution in [0.15, 0.2) is 18.2 Å². The maximum absolute atomic E-state index is 6.10. The van der Waals surface area contributed by atoms with Gasteiger partial charge in [-0.05, 0) is 37.5 Å². The minimum atomic E-state index is 0.695. The molecule has 0 unspecified atom stereocenters. The minimum absolute atomic E-state index is 0.695. The van der Waals surface area contributed by atoms with E-state index in [9.17, 15) is 0 Å². The molecule has 3 rings (SSSR count). The summed E-state index contributed by atoms with van der Waals surface area (Å²) in [6.45, 7) is 0.976. The SMILES string of the molecule is COc1ccc(Cl)cc1-c1[nH]nc2c1CCCCN2. The molecule has 0 spiro atoms. The molecule has 1 aromatic carbocycles. The Morgan fingerprint density at radius 1 is 1.32 bits per heavy atom. The number of anilines is 1. The van der Waals surface area contributed by atoms with E-state index < -0.39 is 0 Å². The highest BCUT2D eigenvalue weighted by Crippen LogP contribution is 2.36. The molecule has 2 heterocycles. The van der Waals surface area contributed by atoms with Gasteiger partial charge in [-0.25, -0.2) is 0 Å². The Hall–Kier alpha value is -1.68. The molecule has 0 fully saturated rings. The van der Waals surface area contributed by atoms with Crippen LogP contribution in [0.2, 0.25) is 5.02 Å². The minimum Gasteiger partial charge on any atom is -0.496 e. The fourth-order valence-electron chi connectivity index (χ4n) is 2.49. The molecule has 0 bridgehead atoms. The van der Waals surface area contributed by atoms with E-state index in [4.69, 9.17) is 16.3 Å². The third kappa shape index (κ3) is 2.28. The molecule has 1 aliphatic heterocycles. The van der Waals surface area contributed by atoms with Crippen molar-refractivity contribution in [3.8, 4) is 17.0 Å². The summed E-state index contributed by atoms with van der Waals surface area (Å²) in [7, 11) is 1.67. The number of hydrogen-bond acceptors (Lipinski definition) is 3. The molecule has 5 heteroatoms. The second kappa shape index (κ2) is 5.13. The zero-order chi connectivity index (χ0) is 13.2. The van der Waals surface area contributed by atoms with Crippen molar-refractivity contribution in [2.24, 2.45) is 0 Å². The quantitative estimate of drug-likeness (QED) is 0.883. The van der Waals surface area contributed by atoms with Crippen LogP contribution < -0.4 is 10.1 Å². The lowest BCUT2D eigenvalue weighted by Crippen LogP contribution is -1.99. The van der Waals surface area contributed by atoms with Crippen molar-refractivity contribution in [3.63, 3.8) is 0 Å². The van der Waals surface area contributed by atoms with Gasteiger partial charge in [0, 0.05) is 22.7 Å². The summed E-state index contributed by atoms with van der Waals surface area (Å²) < 4.78 is 5.42. The topological polar surface area (TPSA) is 49.9 Å². The lowest BCUT2D eigenvalue weighted by Gasteiger charge is -2.09. The number of ether oxygens (including phenoxy) is 1. The lowest BCUT2D eigenvalue weighted by atomic mass is 10.0. The number of hydrogen-bond donors (Lipinski definition) is 2. The molecule has 2 N–H and O–H groups in total. The molecule has 0 aliphatic carbocycles. The first-order valence-corrected chi connectivity index (χ1v) is 6.82. The first kappa shape index (κ1) is 12.4. The van der Waals surface area contributed by atoms with Gasteiger partial charge in [-0.15, -0.1) is 0 Å². The van der Waals surface area contributed by atoms with Crippen molar-refractivity contribution < 1.29 is 4.74 Å². The van der Waals surface area contributed by atoms with Crippen molar-refractivity contribution in [2.45, 2.75) is 19.3 Å². The predicted octanol–water partition coefficient (Wildman–Crippen LogP) is 3.49. The van der Waals surface area contributed by atoms with E-state index >= 15 is 0 Å². The van der Waals surface area contributed by atoms with E-state index in [2.05, 4.69) is 15.5 Å². The summed E-state index contributed by atoms with van der Waals surface area (Å²) in [4.78, 5) is 0. The van der Waals surface area contributed by atoms with Crippen LogP contribution in [-0.2, 0) is 6.42 Å². The van der Waals surface area contributed by atoms with Gasteiger partial charge in [-0.2, -0.15) is 5.10 Å².